The van der Waals surface area contributed by atoms with Crippen molar-refractivity contribution in [1.82, 2.24) is 9.55 Å². The van der Waals surface area contributed by atoms with Crippen molar-refractivity contribution < 1.29 is 14.7 Å². The molecule has 0 aromatic carbocycles. The maximum absolute atomic E-state index is 11.8. The van der Waals surface area contributed by atoms with E-state index in [2.05, 4.69) is 9.55 Å². The molecule has 2 heterocycles. The summed E-state index contributed by atoms with van der Waals surface area (Å²) in [7, 11) is 0. The van der Waals surface area contributed by atoms with Gasteiger partial charge in [-0.1, -0.05) is 0 Å². The van der Waals surface area contributed by atoms with E-state index >= 15 is 0 Å². The van der Waals surface area contributed by atoms with Crippen LogP contribution in [0.25, 0.3) is 0 Å². The SMILES string of the molecule is Cc1nccn1CCc1ccc(C(=O)CCC(=O)O)s1. The van der Waals surface area contributed by atoms with E-state index in [0.717, 1.165) is 23.7 Å². The van der Waals surface area contributed by atoms with Crippen molar-refractivity contribution in [3.8, 4) is 0 Å². The van der Waals surface area contributed by atoms with Crippen molar-refractivity contribution in [3.63, 3.8) is 0 Å². The first-order chi connectivity index (χ1) is 9.56. The second-order valence-corrected chi connectivity index (χ2v) is 5.67. The fraction of sp³-hybridized carbons (Fsp3) is 0.357. The standard InChI is InChI=1S/C14H16N2O3S/c1-10-15-7-9-16(10)8-6-11-2-4-13(20-11)12(17)3-5-14(18)19/h2,4,7,9H,3,5-6,8H2,1H3,(H,18,19). The largest absolute Gasteiger partial charge is 0.481 e. The number of hydrogen-bond acceptors (Lipinski definition) is 4. The minimum Gasteiger partial charge on any atom is -0.481 e. The van der Waals surface area contributed by atoms with Crippen molar-refractivity contribution in [1.29, 1.82) is 0 Å². The van der Waals surface area contributed by atoms with E-state index in [1.54, 1.807) is 12.3 Å². The number of carboxylic acid groups (broad SMARTS) is 1. The highest BCUT2D eigenvalue weighted by molar-refractivity contribution is 7.14. The Morgan fingerprint density at radius 1 is 1.35 bits per heavy atom. The van der Waals surface area contributed by atoms with Gasteiger partial charge in [-0.25, -0.2) is 4.98 Å². The molecule has 0 amide bonds. The van der Waals surface area contributed by atoms with Crippen LogP contribution in [-0.2, 0) is 17.8 Å². The first kappa shape index (κ1) is 14.5. The van der Waals surface area contributed by atoms with Crippen molar-refractivity contribution in [3.05, 3.63) is 40.1 Å². The molecular formula is C14H16N2O3S. The Hall–Kier alpha value is -1.95. The van der Waals surface area contributed by atoms with Gasteiger partial charge in [0.1, 0.15) is 5.82 Å². The number of Topliss-reactive ketones (excluding diaryl/α,β-unsaturated/α-hetero) is 1. The summed E-state index contributed by atoms with van der Waals surface area (Å²) in [4.78, 5) is 28.2. The van der Waals surface area contributed by atoms with Crippen molar-refractivity contribution in [2.24, 2.45) is 0 Å². The summed E-state index contributed by atoms with van der Waals surface area (Å²) in [5.74, 6) is -0.0625. The van der Waals surface area contributed by atoms with Gasteiger partial charge in [-0.3, -0.25) is 9.59 Å². The molecule has 5 nitrogen and oxygen atoms in total. The molecule has 1 N–H and O–H groups in total. The smallest absolute Gasteiger partial charge is 0.303 e. The lowest BCUT2D eigenvalue weighted by Crippen LogP contribution is -2.02. The summed E-state index contributed by atoms with van der Waals surface area (Å²) >= 11 is 1.44. The predicted molar refractivity (Wildman–Crippen MR) is 76.2 cm³/mol. The number of thiophene rings is 1. The number of rotatable bonds is 7. The molecule has 0 aliphatic carbocycles. The summed E-state index contributed by atoms with van der Waals surface area (Å²) < 4.78 is 2.06. The molecule has 2 aromatic rings. The predicted octanol–water partition coefficient (Wildman–Crippen LogP) is 2.54. The van der Waals surface area contributed by atoms with E-state index in [4.69, 9.17) is 5.11 Å². The summed E-state index contributed by atoms with van der Waals surface area (Å²) in [5, 5.41) is 8.57. The van der Waals surface area contributed by atoms with E-state index in [1.165, 1.54) is 11.3 Å². The first-order valence-electron chi connectivity index (χ1n) is 6.37. The minimum atomic E-state index is -0.939. The van der Waals surface area contributed by atoms with E-state index in [0.29, 0.717) is 4.88 Å². The number of carbonyl (C=O) groups excluding carboxylic acids is 1. The van der Waals surface area contributed by atoms with Crippen LogP contribution >= 0.6 is 11.3 Å². The number of carbonyl (C=O) groups is 2. The Kier molecular flexibility index (Phi) is 4.68. The summed E-state index contributed by atoms with van der Waals surface area (Å²) in [5.41, 5.74) is 0. The zero-order chi connectivity index (χ0) is 14.5. The molecule has 0 saturated heterocycles. The Balaban J connectivity index is 1.90. The molecule has 106 valence electrons. The van der Waals surface area contributed by atoms with Crippen molar-refractivity contribution in [2.75, 3.05) is 0 Å². The number of aliphatic carboxylic acids is 1. The third-order valence-corrected chi connectivity index (χ3v) is 4.21. The molecule has 0 spiro atoms. The molecule has 0 aliphatic heterocycles. The van der Waals surface area contributed by atoms with Gasteiger partial charge < -0.3 is 9.67 Å². The van der Waals surface area contributed by atoms with E-state index in [-0.39, 0.29) is 18.6 Å². The number of aryl methyl sites for hydroxylation is 3. The van der Waals surface area contributed by atoms with Crippen LogP contribution in [0, 0.1) is 6.92 Å². The Morgan fingerprint density at radius 2 is 2.15 bits per heavy atom. The quantitative estimate of drug-likeness (QED) is 0.796. The topological polar surface area (TPSA) is 72.2 Å². The fourth-order valence-corrected chi connectivity index (χ4v) is 2.84. The lowest BCUT2D eigenvalue weighted by molar-refractivity contribution is -0.136. The molecule has 0 atom stereocenters. The molecule has 0 radical (unpaired) electrons. The molecule has 0 aliphatic rings. The monoisotopic (exact) mass is 292 g/mol. The van der Waals surface area contributed by atoms with Crippen LogP contribution in [0.15, 0.2) is 24.5 Å². The third kappa shape index (κ3) is 3.77. The number of carboxylic acids is 1. The molecule has 0 saturated carbocycles. The highest BCUT2D eigenvalue weighted by Crippen LogP contribution is 2.20. The van der Waals surface area contributed by atoms with Crippen LogP contribution < -0.4 is 0 Å². The zero-order valence-electron chi connectivity index (χ0n) is 11.2. The van der Waals surface area contributed by atoms with Gasteiger partial charge in [-0.2, -0.15) is 0 Å². The lowest BCUT2D eigenvalue weighted by atomic mass is 10.2. The Labute approximate surface area is 120 Å². The highest BCUT2D eigenvalue weighted by atomic mass is 32.1. The van der Waals surface area contributed by atoms with Gasteiger partial charge in [0.05, 0.1) is 11.3 Å². The first-order valence-corrected chi connectivity index (χ1v) is 7.19. The van der Waals surface area contributed by atoms with Gasteiger partial charge in [0, 0.05) is 30.2 Å². The molecule has 0 unspecified atom stereocenters. The number of imidazole rings is 1. The maximum Gasteiger partial charge on any atom is 0.303 e. The zero-order valence-corrected chi connectivity index (χ0v) is 12.0. The van der Waals surface area contributed by atoms with Gasteiger partial charge in [0.15, 0.2) is 5.78 Å². The van der Waals surface area contributed by atoms with Crippen LogP contribution in [0.2, 0.25) is 0 Å². The van der Waals surface area contributed by atoms with Gasteiger partial charge >= 0.3 is 5.97 Å². The number of ketones is 1. The molecule has 6 heteroatoms. The van der Waals surface area contributed by atoms with E-state index in [1.807, 2.05) is 19.2 Å². The molecule has 0 bridgehead atoms. The van der Waals surface area contributed by atoms with Gasteiger partial charge in [-0.15, -0.1) is 11.3 Å². The molecule has 0 fully saturated rings. The summed E-state index contributed by atoms with van der Waals surface area (Å²) in [6, 6.07) is 3.72. The average Bonchev–Trinajstić information content (AvgIpc) is 3.02. The lowest BCUT2D eigenvalue weighted by Gasteiger charge is -2.02. The Bertz CT molecular complexity index is 615. The third-order valence-electron chi connectivity index (χ3n) is 3.03. The number of hydrogen-bond donors (Lipinski definition) is 1. The van der Waals surface area contributed by atoms with E-state index in [9.17, 15) is 9.59 Å². The number of aromatic nitrogens is 2. The second-order valence-electron chi connectivity index (χ2n) is 4.50. The van der Waals surface area contributed by atoms with Gasteiger partial charge in [0.2, 0.25) is 0 Å². The number of nitrogens with zero attached hydrogens (tertiary/aromatic N) is 2. The normalized spacial score (nSPS) is 10.7. The molecule has 20 heavy (non-hydrogen) atoms. The molecule has 2 rings (SSSR count). The van der Waals surface area contributed by atoms with Gasteiger partial charge in [-0.05, 0) is 25.5 Å². The minimum absolute atomic E-state index is 0.0654. The fourth-order valence-electron chi connectivity index (χ4n) is 1.88. The molecular weight excluding hydrogens is 276 g/mol. The van der Waals surface area contributed by atoms with Crippen LogP contribution in [-0.4, -0.2) is 26.4 Å². The van der Waals surface area contributed by atoms with Crippen LogP contribution in [0.4, 0.5) is 0 Å². The van der Waals surface area contributed by atoms with Crippen molar-refractivity contribution in [2.45, 2.75) is 32.7 Å². The van der Waals surface area contributed by atoms with Crippen LogP contribution in [0.5, 0.6) is 0 Å². The van der Waals surface area contributed by atoms with Crippen LogP contribution in [0.1, 0.15) is 33.2 Å². The highest BCUT2D eigenvalue weighted by Gasteiger charge is 2.11. The van der Waals surface area contributed by atoms with Gasteiger partial charge in [0.25, 0.3) is 0 Å². The van der Waals surface area contributed by atoms with E-state index < -0.39 is 5.97 Å². The summed E-state index contributed by atoms with van der Waals surface area (Å²) in [6.07, 6.45) is 4.50. The Morgan fingerprint density at radius 3 is 2.80 bits per heavy atom. The second kappa shape index (κ2) is 6.47. The maximum atomic E-state index is 11.8. The average molecular weight is 292 g/mol. The van der Waals surface area contributed by atoms with Crippen LogP contribution in [0.3, 0.4) is 0 Å². The van der Waals surface area contributed by atoms with Crippen molar-refractivity contribution >= 4 is 23.1 Å². The molecule has 2 aromatic heterocycles. The summed E-state index contributed by atoms with van der Waals surface area (Å²) in [6.45, 7) is 2.78.